The quantitative estimate of drug-likeness (QED) is 0.702. The van der Waals surface area contributed by atoms with E-state index in [0.29, 0.717) is 18.0 Å². The number of aryl methyl sites for hydroxylation is 1. The van der Waals surface area contributed by atoms with E-state index in [2.05, 4.69) is 22.4 Å². The van der Waals surface area contributed by atoms with Crippen LogP contribution in [0.2, 0.25) is 0 Å². The van der Waals surface area contributed by atoms with Crippen molar-refractivity contribution in [1.82, 2.24) is 24.8 Å². The van der Waals surface area contributed by atoms with Crippen molar-refractivity contribution in [2.24, 2.45) is 0 Å². The lowest BCUT2D eigenvalue weighted by Gasteiger charge is -2.04. The molecule has 3 aromatic rings. The molecule has 0 N–H and O–H groups in total. The molecule has 20 heavy (non-hydrogen) atoms. The number of nitrogens with zero attached hydrogens (tertiary/aromatic N) is 5. The van der Waals surface area contributed by atoms with Gasteiger partial charge >= 0.3 is 5.76 Å². The molecule has 0 saturated carbocycles. The maximum atomic E-state index is 11.9. The summed E-state index contributed by atoms with van der Waals surface area (Å²) in [7, 11) is 0. The van der Waals surface area contributed by atoms with Gasteiger partial charge in [0, 0.05) is 6.54 Å². The number of rotatable bonds is 5. The highest BCUT2D eigenvalue weighted by molar-refractivity contribution is 5.72. The molecule has 0 bridgehead atoms. The molecule has 0 saturated heterocycles. The van der Waals surface area contributed by atoms with E-state index >= 15 is 0 Å². The van der Waals surface area contributed by atoms with E-state index in [1.807, 2.05) is 18.2 Å². The lowest BCUT2D eigenvalue weighted by Crippen LogP contribution is -2.18. The Morgan fingerprint density at radius 2 is 2.15 bits per heavy atom. The van der Waals surface area contributed by atoms with Crippen molar-refractivity contribution in [1.29, 1.82) is 0 Å². The van der Waals surface area contributed by atoms with Gasteiger partial charge in [0.05, 0.1) is 12.1 Å². The fourth-order valence-electron chi connectivity index (χ4n) is 2.12. The summed E-state index contributed by atoms with van der Waals surface area (Å²) in [6.45, 7) is 3.17. The SMILES string of the molecule is CCCCn1nnnc1Cn1c(=O)oc2ccccc21. The first-order valence-electron chi connectivity index (χ1n) is 6.63. The summed E-state index contributed by atoms with van der Waals surface area (Å²) in [6.07, 6.45) is 2.06. The third-order valence-corrected chi connectivity index (χ3v) is 3.20. The number of hydrogen-bond acceptors (Lipinski definition) is 5. The van der Waals surface area contributed by atoms with Gasteiger partial charge in [-0.25, -0.2) is 9.48 Å². The topological polar surface area (TPSA) is 78.7 Å². The van der Waals surface area contributed by atoms with E-state index in [0.717, 1.165) is 24.9 Å². The fraction of sp³-hybridized carbons (Fsp3) is 0.385. The van der Waals surface area contributed by atoms with Crippen LogP contribution >= 0.6 is 0 Å². The number of unbranched alkanes of at least 4 members (excludes halogenated alkanes) is 1. The molecule has 0 spiro atoms. The van der Waals surface area contributed by atoms with Gasteiger partial charge in [-0.05, 0) is 29.0 Å². The average Bonchev–Trinajstić information content (AvgIpc) is 3.02. The summed E-state index contributed by atoms with van der Waals surface area (Å²) in [4.78, 5) is 11.9. The van der Waals surface area contributed by atoms with Crippen LogP contribution in [0.15, 0.2) is 33.5 Å². The molecule has 1 aromatic carbocycles. The first-order chi connectivity index (χ1) is 9.79. The molecule has 7 heteroatoms. The second-order valence-corrected chi connectivity index (χ2v) is 4.59. The Hall–Kier alpha value is -2.44. The predicted octanol–water partition coefficient (Wildman–Crippen LogP) is 1.43. The van der Waals surface area contributed by atoms with Crippen LogP contribution in [0.4, 0.5) is 0 Å². The van der Waals surface area contributed by atoms with Crippen molar-refractivity contribution >= 4 is 11.1 Å². The molecular formula is C13H15N5O2. The molecule has 0 aliphatic carbocycles. The second kappa shape index (κ2) is 5.28. The van der Waals surface area contributed by atoms with E-state index in [-0.39, 0.29) is 0 Å². The zero-order chi connectivity index (χ0) is 13.9. The van der Waals surface area contributed by atoms with Crippen LogP contribution in [0.25, 0.3) is 11.1 Å². The van der Waals surface area contributed by atoms with Gasteiger partial charge in [0.1, 0.15) is 0 Å². The zero-order valence-corrected chi connectivity index (χ0v) is 11.2. The van der Waals surface area contributed by atoms with Gasteiger partial charge in [-0.3, -0.25) is 4.57 Å². The molecule has 0 aliphatic heterocycles. The van der Waals surface area contributed by atoms with Crippen LogP contribution in [0.5, 0.6) is 0 Å². The monoisotopic (exact) mass is 273 g/mol. The normalized spacial score (nSPS) is 11.2. The molecule has 0 aliphatic rings. The highest BCUT2D eigenvalue weighted by Gasteiger charge is 2.13. The first kappa shape index (κ1) is 12.6. The standard InChI is InChI=1S/C13H15N5O2/c1-2-3-8-18-12(14-15-16-18)9-17-10-6-4-5-7-11(10)20-13(17)19/h4-7H,2-3,8-9H2,1H3. The summed E-state index contributed by atoms with van der Waals surface area (Å²) in [5, 5.41) is 11.6. The number of hydrogen-bond donors (Lipinski definition) is 0. The van der Waals surface area contributed by atoms with Crippen molar-refractivity contribution in [3.05, 3.63) is 40.6 Å². The number of aromatic nitrogens is 5. The van der Waals surface area contributed by atoms with Crippen molar-refractivity contribution in [3.8, 4) is 0 Å². The van der Waals surface area contributed by atoms with Gasteiger partial charge in [0.2, 0.25) is 0 Å². The number of benzene rings is 1. The Morgan fingerprint density at radius 3 is 3.00 bits per heavy atom. The van der Waals surface area contributed by atoms with E-state index in [1.54, 1.807) is 15.3 Å². The largest absolute Gasteiger partial charge is 0.420 e. The Kier molecular flexibility index (Phi) is 3.32. The molecule has 2 aromatic heterocycles. The van der Waals surface area contributed by atoms with E-state index in [1.165, 1.54) is 0 Å². The Morgan fingerprint density at radius 1 is 1.30 bits per heavy atom. The molecule has 104 valence electrons. The lowest BCUT2D eigenvalue weighted by molar-refractivity contribution is 0.492. The smallest absolute Gasteiger partial charge is 0.408 e. The van der Waals surface area contributed by atoms with Gasteiger partial charge in [0.25, 0.3) is 0 Å². The molecule has 3 rings (SSSR count). The average molecular weight is 273 g/mol. The highest BCUT2D eigenvalue weighted by Crippen LogP contribution is 2.12. The number of oxazole rings is 1. The summed E-state index contributed by atoms with van der Waals surface area (Å²) in [6, 6.07) is 7.32. The molecule has 0 amide bonds. The third-order valence-electron chi connectivity index (χ3n) is 3.20. The van der Waals surface area contributed by atoms with E-state index < -0.39 is 5.76 Å². The Balaban J connectivity index is 1.95. The first-order valence-corrected chi connectivity index (χ1v) is 6.63. The van der Waals surface area contributed by atoms with E-state index in [4.69, 9.17) is 4.42 Å². The van der Waals surface area contributed by atoms with Crippen molar-refractivity contribution in [2.75, 3.05) is 0 Å². The van der Waals surface area contributed by atoms with Crippen LogP contribution in [-0.4, -0.2) is 24.8 Å². The maximum Gasteiger partial charge on any atom is 0.420 e. The van der Waals surface area contributed by atoms with Crippen molar-refractivity contribution in [3.63, 3.8) is 0 Å². The van der Waals surface area contributed by atoms with Crippen molar-refractivity contribution in [2.45, 2.75) is 32.9 Å². The molecule has 0 atom stereocenters. The summed E-state index contributed by atoms with van der Waals surface area (Å²) in [5.74, 6) is 0.267. The van der Waals surface area contributed by atoms with Crippen LogP contribution in [0.3, 0.4) is 0 Å². The summed E-state index contributed by atoms with van der Waals surface area (Å²) in [5.41, 5.74) is 1.33. The molecule has 2 heterocycles. The predicted molar refractivity (Wildman–Crippen MR) is 72.3 cm³/mol. The number of tetrazole rings is 1. The molecule has 0 radical (unpaired) electrons. The van der Waals surface area contributed by atoms with Crippen LogP contribution in [0.1, 0.15) is 25.6 Å². The lowest BCUT2D eigenvalue weighted by atomic mass is 10.3. The fourth-order valence-corrected chi connectivity index (χ4v) is 2.12. The molecular weight excluding hydrogens is 258 g/mol. The summed E-state index contributed by atoms with van der Waals surface area (Å²) >= 11 is 0. The van der Waals surface area contributed by atoms with Crippen LogP contribution in [0, 0.1) is 0 Å². The van der Waals surface area contributed by atoms with Gasteiger partial charge in [-0.2, -0.15) is 0 Å². The second-order valence-electron chi connectivity index (χ2n) is 4.59. The van der Waals surface area contributed by atoms with Gasteiger partial charge in [0.15, 0.2) is 11.4 Å². The number of para-hydroxylation sites is 2. The van der Waals surface area contributed by atoms with Gasteiger partial charge in [-0.15, -0.1) is 5.10 Å². The zero-order valence-electron chi connectivity index (χ0n) is 11.2. The minimum atomic E-state index is -0.392. The molecule has 0 fully saturated rings. The van der Waals surface area contributed by atoms with E-state index in [9.17, 15) is 4.79 Å². The molecule has 0 unspecified atom stereocenters. The van der Waals surface area contributed by atoms with Crippen LogP contribution in [-0.2, 0) is 13.1 Å². The maximum absolute atomic E-state index is 11.9. The number of fused-ring (bicyclic) bond motifs is 1. The minimum Gasteiger partial charge on any atom is -0.408 e. The molecule has 7 nitrogen and oxygen atoms in total. The Labute approximate surface area is 114 Å². The van der Waals surface area contributed by atoms with Crippen LogP contribution < -0.4 is 5.76 Å². The van der Waals surface area contributed by atoms with Gasteiger partial charge in [-0.1, -0.05) is 25.5 Å². The summed E-state index contributed by atoms with van der Waals surface area (Å²) < 4.78 is 8.48. The Bertz CT molecular complexity index is 770. The third kappa shape index (κ3) is 2.22. The van der Waals surface area contributed by atoms with Gasteiger partial charge < -0.3 is 4.42 Å². The van der Waals surface area contributed by atoms with Crippen molar-refractivity contribution < 1.29 is 4.42 Å². The highest BCUT2D eigenvalue weighted by atomic mass is 16.4. The minimum absolute atomic E-state index is 0.312.